The van der Waals surface area contributed by atoms with Crippen LogP contribution in [0, 0.1) is 0 Å². The van der Waals surface area contributed by atoms with Gasteiger partial charge in [-0.05, 0) is 24.3 Å². The topological polar surface area (TPSA) is 78.5 Å². The lowest BCUT2D eigenvalue weighted by atomic mass is 9.72. The summed E-state index contributed by atoms with van der Waals surface area (Å²) in [6.07, 6.45) is -0.404. The lowest BCUT2D eigenvalue weighted by molar-refractivity contribution is -0.167. The summed E-state index contributed by atoms with van der Waals surface area (Å²) in [6.45, 7) is 3.33. The van der Waals surface area contributed by atoms with Gasteiger partial charge in [0.15, 0.2) is 0 Å². The number of amides is 3. The summed E-state index contributed by atoms with van der Waals surface area (Å²) in [5.41, 5.74) is -1.13. The number of hydrogen-bond acceptors (Lipinski definition) is 3. The molecule has 3 amide bonds. The molecular weight excluding hydrogens is 332 g/mol. The van der Waals surface area contributed by atoms with Gasteiger partial charge in [-0.2, -0.15) is 0 Å². The van der Waals surface area contributed by atoms with Crippen molar-refractivity contribution >= 4 is 23.4 Å². The van der Waals surface area contributed by atoms with Crippen LogP contribution in [0.15, 0.2) is 36.9 Å². The third-order valence-corrected chi connectivity index (χ3v) is 3.87. The Bertz CT molecular complexity index is 724. The molecule has 0 aromatic heterocycles. The standard InChI is InChI=1S/C17H19F2N3O3/c1-4-13(23)20-12-7-5-6-11(8-12)14(24)21-16(15(25)22(2)3)9-17(18,19)10-16/h4-8H,1,9-10H2,2-3H3,(H,20,23)(H,21,24). The fourth-order valence-corrected chi connectivity index (χ4v) is 2.77. The minimum Gasteiger partial charge on any atom is -0.347 e. The Balaban J connectivity index is 2.19. The van der Waals surface area contributed by atoms with Gasteiger partial charge in [0.25, 0.3) is 11.8 Å². The Labute approximate surface area is 143 Å². The van der Waals surface area contributed by atoms with Crippen LogP contribution in [0.4, 0.5) is 14.5 Å². The van der Waals surface area contributed by atoms with Gasteiger partial charge in [-0.1, -0.05) is 12.6 Å². The van der Waals surface area contributed by atoms with Gasteiger partial charge in [0.2, 0.25) is 11.8 Å². The van der Waals surface area contributed by atoms with Gasteiger partial charge in [0.05, 0.1) is 0 Å². The van der Waals surface area contributed by atoms with Crippen molar-refractivity contribution in [3.63, 3.8) is 0 Å². The molecule has 0 unspecified atom stereocenters. The van der Waals surface area contributed by atoms with Crippen LogP contribution in [-0.4, -0.2) is 48.2 Å². The fraction of sp³-hybridized carbons (Fsp3) is 0.353. The number of nitrogens with one attached hydrogen (secondary N) is 2. The second kappa shape index (κ2) is 6.62. The first-order valence-corrected chi connectivity index (χ1v) is 7.54. The molecule has 1 aliphatic carbocycles. The number of rotatable bonds is 5. The quantitative estimate of drug-likeness (QED) is 0.794. The van der Waals surface area contributed by atoms with Crippen molar-refractivity contribution in [1.82, 2.24) is 10.2 Å². The SMILES string of the molecule is C=CC(=O)Nc1cccc(C(=O)NC2(C(=O)N(C)C)CC(F)(F)C2)c1. The van der Waals surface area contributed by atoms with E-state index in [1.165, 1.54) is 37.2 Å². The van der Waals surface area contributed by atoms with E-state index < -0.39 is 42.0 Å². The third-order valence-electron chi connectivity index (χ3n) is 3.87. The Morgan fingerprint density at radius 1 is 1.24 bits per heavy atom. The molecule has 0 radical (unpaired) electrons. The maximum absolute atomic E-state index is 13.4. The van der Waals surface area contributed by atoms with Crippen LogP contribution >= 0.6 is 0 Å². The lowest BCUT2D eigenvalue weighted by Crippen LogP contribution is -2.69. The van der Waals surface area contributed by atoms with Crippen molar-refractivity contribution in [3.05, 3.63) is 42.5 Å². The molecule has 134 valence electrons. The number of nitrogens with zero attached hydrogens (tertiary/aromatic N) is 1. The number of benzene rings is 1. The van der Waals surface area contributed by atoms with E-state index in [-0.39, 0.29) is 5.56 Å². The van der Waals surface area contributed by atoms with Gasteiger partial charge in [0, 0.05) is 38.2 Å². The van der Waals surface area contributed by atoms with E-state index in [4.69, 9.17) is 0 Å². The molecular formula is C17H19F2N3O3. The smallest absolute Gasteiger partial charge is 0.253 e. The van der Waals surface area contributed by atoms with Crippen LogP contribution in [0.5, 0.6) is 0 Å². The Morgan fingerprint density at radius 3 is 2.40 bits per heavy atom. The number of hydrogen-bond donors (Lipinski definition) is 2. The zero-order valence-corrected chi connectivity index (χ0v) is 13.9. The van der Waals surface area contributed by atoms with Crippen LogP contribution in [-0.2, 0) is 9.59 Å². The molecule has 25 heavy (non-hydrogen) atoms. The molecule has 0 aliphatic heterocycles. The Morgan fingerprint density at radius 2 is 1.88 bits per heavy atom. The summed E-state index contributed by atoms with van der Waals surface area (Å²) in [7, 11) is 2.89. The maximum Gasteiger partial charge on any atom is 0.253 e. The molecule has 0 saturated heterocycles. The molecule has 2 N–H and O–H groups in total. The van der Waals surface area contributed by atoms with Gasteiger partial charge in [-0.25, -0.2) is 8.78 Å². The fourth-order valence-electron chi connectivity index (χ4n) is 2.77. The molecule has 1 aliphatic rings. The minimum absolute atomic E-state index is 0.142. The molecule has 1 aromatic rings. The number of carbonyl (C=O) groups is 3. The van der Waals surface area contributed by atoms with Crippen molar-refractivity contribution in [2.24, 2.45) is 0 Å². The van der Waals surface area contributed by atoms with E-state index in [2.05, 4.69) is 17.2 Å². The first kappa shape index (κ1) is 18.6. The molecule has 0 atom stereocenters. The predicted octanol–water partition coefficient (Wildman–Crippen LogP) is 1.80. The molecule has 1 aromatic carbocycles. The van der Waals surface area contributed by atoms with Crippen molar-refractivity contribution in [2.45, 2.75) is 24.3 Å². The van der Waals surface area contributed by atoms with E-state index in [9.17, 15) is 23.2 Å². The number of alkyl halides is 2. The second-order valence-corrected chi connectivity index (χ2v) is 6.22. The molecule has 0 heterocycles. The Kier molecular flexibility index (Phi) is 4.92. The predicted molar refractivity (Wildman–Crippen MR) is 88.3 cm³/mol. The normalized spacial score (nSPS) is 17.0. The first-order valence-electron chi connectivity index (χ1n) is 7.54. The maximum atomic E-state index is 13.4. The molecule has 8 heteroatoms. The van der Waals surface area contributed by atoms with E-state index in [1.807, 2.05) is 0 Å². The van der Waals surface area contributed by atoms with E-state index >= 15 is 0 Å². The molecule has 2 rings (SSSR count). The summed E-state index contributed by atoms with van der Waals surface area (Å²) in [6, 6.07) is 5.95. The van der Waals surface area contributed by atoms with Crippen molar-refractivity contribution in [2.75, 3.05) is 19.4 Å². The monoisotopic (exact) mass is 351 g/mol. The molecule has 0 bridgehead atoms. The Hall–Kier alpha value is -2.77. The second-order valence-electron chi connectivity index (χ2n) is 6.22. The summed E-state index contributed by atoms with van der Waals surface area (Å²) in [5, 5.41) is 4.93. The molecule has 1 fully saturated rings. The highest BCUT2D eigenvalue weighted by atomic mass is 19.3. The number of halogens is 2. The molecule has 0 spiro atoms. The molecule has 1 saturated carbocycles. The van der Waals surface area contributed by atoms with Gasteiger partial charge in [0.1, 0.15) is 5.54 Å². The third kappa shape index (κ3) is 4.01. The highest BCUT2D eigenvalue weighted by Gasteiger charge is 2.62. The average molecular weight is 351 g/mol. The van der Waals surface area contributed by atoms with Crippen LogP contribution in [0.25, 0.3) is 0 Å². The van der Waals surface area contributed by atoms with Crippen molar-refractivity contribution < 1.29 is 23.2 Å². The van der Waals surface area contributed by atoms with Crippen molar-refractivity contribution in [1.29, 1.82) is 0 Å². The average Bonchev–Trinajstić information content (AvgIpc) is 2.52. The molecule has 6 nitrogen and oxygen atoms in total. The number of carbonyl (C=O) groups excluding carboxylic acids is 3. The van der Waals surface area contributed by atoms with Gasteiger partial charge in [-0.3, -0.25) is 14.4 Å². The lowest BCUT2D eigenvalue weighted by Gasteiger charge is -2.47. The number of likely N-dealkylation sites (N-methyl/N-ethyl adjacent to an activating group) is 1. The first-order chi connectivity index (χ1) is 11.6. The zero-order chi connectivity index (χ0) is 18.8. The van der Waals surface area contributed by atoms with Crippen LogP contribution in [0.3, 0.4) is 0 Å². The minimum atomic E-state index is -2.99. The van der Waals surface area contributed by atoms with Gasteiger partial charge < -0.3 is 15.5 Å². The summed E-state index contributed by atoms with van der Waals surface area (Å²) >= 11 is 0. The highest BCUT2D eigenvalue weighted by molar-refractivity contribution is 6.02. The van der Waals surface area contributed by atoms with E-state index in [0.717, 1.165) is 6.08 Å². The largest absolute Gasteiger partial charge is 0.347 e. The van der Waals surface area contributed by atoms with Crippen LogP contribution < -0.4 is 10.6 Å². The van der Waals surface area contributed by atoms with Gasteiger partial charge in [-0.15, -0.1) is 0 Å². The summed E-state index contributed by atoms with van der Waals surface area (Å²) in [5.74, 6) is -4.68. The van der Waals surface area contributed by atoms with E-state index in [1.54, 1.807) is 6.07 Å². The van der Waals surface area contributed by atoms with Gasteiger partial charge >= 0.3 is 0 Å². The van der Waals surface area contributed by atoms with Crippen molar-refractivity contribution in [3.8, 4) is 0 Å². The highest BCUT2D eigenvalue weighted by Crippen LogP contribution is 2.46. The van der Waals surface area contributed by atoms with Crippen LogP contribution in [0.1, 0.15) is 23.2 Å². The van der Waals surface area contributed by atoms with E-state index in [0.29, 0.717) is 5.69 Å². The summed E-state index contributed by atoms with van der Waals surface area (Å²) < 4.78 is 26.8. The zero-order valence-electron chi connectivity index (χ0n) is 13.9. The van der Waals surface area contributed by atoms with Crippen LogP contribution in [0.2, 0.25) is 0 Å². The summed E-state index contributed by atoms with van der Waals surface area (Å²) in [4.78, 5) is 37.2. The number of anilines is 1.